The second kappa shape index (κ2) is 6.95. The van der Waals surface area contributed by atoms with Crippen molar-refractivity contribution in [3.63, 3.8) is 0 Å². The van der Waals surface area contributed by atoms with Crippen molar-refractivity contribution in [3.8, 4) is 5.69 Å². The van der Waals surface area contributed by atoms with E-state index in [4.69, 9.17) is 0 Å². The molecule has 26 heavy (non-hydrogen) atoms. The lowest BCUT2D eigenvalue weighted by Gasteiger charge is -2.23. The van der Waals surface area contributed by atoms with E-state index in [0.717, 1.165) is 47.9 Å². The number of imidazole rings is 2. The van der Waals surface area contributed by atoms with Crippen molar-refractivity contribution >= 4 is 17.0 Å². The second-order valence-electron chi connectivity index (χ2n) is 6.24. The number of fused-ring (bicyclic) bond motifs is 1. The summed E-state index contributed by atoms with van der Waals surface area (Å²) in [6.07, 6.45) is 8.16. The molecule has 0 unspecified atom stereocenters. The van der Waals surface area contributed by atoms with Crippen molar-refractivity contribution in [2.24, 2.45) is 7.05 Å². The lowest BCUT2D eigenvalue weighted by Crippen LogP contribution is -2.26. The first kappa shape index (κ1) is 16.3. The summed E-state index contributed by atoms with van der Waals surface area (Å²) >= 11 is 0. The molecule has 0 saturated heterocycles. The Balaban J connectivity index is 1.77. The quantitative estimate of drug-likeness (QED) is 0.536. The van der Waals surface area contributed by atoms with Crippen molar-refractivity contribution in [3.05, 3.63) is 61.2 Å². The van der Waals surface area contributed by atoms with Gasteiger partial charge in [0, 0.05) is 25.5 Å². The maximum absolute atomic E-state index is 4.62. The molecule has 0 bridgehead atoms. The van der Waals surface area contributed by atoms with Crippen LogP contribution in [0.15, 0.2) is 55.5 Å². The van der Waals surface area contributed by atoms with Crippen LogP contribution in [0.5, 0.6) is 0 Å². The third-order valence-electron chi connectivity index (χ3n) is 4.41. The molecule has 0 aliphatic heterocycles. The standard InChI is InChI=1S/C19H21N7/c1-3-9-25(11-16-10-20-13-24(16)2)18-17-19(22-12-21-18)26(14-23-17)15-7-5-4-6-8-15/h4-8,10,12-14H,3,9,11H2,1-2H3. The third kappa shape index (κ3) is 2.92. The summed E-state index contributed by atoms with van der Waals surface area (Å²) in [5, 5.41) is 0. The summed E-state index contributed by atoms with van der Waals surface area (Å²) in [5.74, 6) is 0.854. The highest BCUT2D eigenvalue weighted by Gasteiger charge is 2.17. The molecule has 0 saturated carbocycles. The molecule has 0 spiro atoms. The highest BCUT2D eigenvalue weighted by Crippen LogP contribution is 2.25. The molecule has 4 aromatic rings. The van der Waals surface area contributed by atoms with Gasteiger partial charge in [-0.05, 0) is 18.6 Å². The molecule has 1 aromatic carbocycles. The minimum absolute atomic E-state index is 0.731. The average Bonchev–Trinajstić information content (AvgIpc) is 3.28. The van der Waals surface area contributed by atoms with Crippen LogP contribution in [0.2, 0.25) is 0 Å². The number of anilines is 1. The molecule has 7 nitrogen and oxygen atoms in total. The normalized spacial score (nSPS) is 11.2. The Morgan fingerprint density at radius 2 is 1.88 bits per heavy atom. The Morgan fingerprint density at radius 1 is 1.04 bits per heavy atom. The van der Waals surface area contributed by atoms with Crippen LogP contribution in [-0.4, -0.2) is 35.6 Å². The average molecular weight is 347 g/mol. The Kier molecular flexibility index (Phi) is 4.35. The summed E-state index contributed by atoms with van der Waals surface area (Å²) in [7, 11) is 2.01. The van der Waals surface area contributed by atoms with Gasteiger partial charge in [-0.25, -0.2) is 19.9 Å². The van der Waals surface area contributed by atoms with Crippen LogP contribution in [0.4, 0.5) is 5.82 Å². The van der Waals surface area contributed by atoms with Gasteiger partial charge in [0.15, 0.2) is 17.0 Å². The molecule has 0 fully saturated rings. The number of para-hydroxylation sites is 1. The van der Waals surface area contributed by atoms with Crippen LogP contribution in [-0.2, 0) is 13.6 Å². The van der Waals surface area contributed by atoms with Crippen molar-refractivity contribution < 1.29 is 0 Å². The predicted molar refractivity (Wildman–Crippen MR) is 101 cm³/mol. The number of aromatic nitrogens is 6. The number of rotatable bonds is 6. The van der Waals surface area contributed by atoms with E-state index in [1.54, 1.807) is 6.33 Å². The molecule has 0 atom stereocenters. The summed E-state index contributed by atoms with van der Waals surface area (Å²) in [4.78, 5) is 20.1. The summed E-state index contributed by atoms with van der Waals surface area (Å²) < 4.78 is 4.03. The van der Waals surface area contributed by atoms with Gasteiger partial charge in [0.2, 0.25) is 0 Å². The zero-order valence-corrected chi connectivity index (χ0v) is 14.9. The summed E-state index contributed by atoms with van der Waals surface area (Å²) in [5.41, 5.74) is 3.79. The molecule has 3 heterocycles. The number of hydrogen-bond acceptors (Lipinski definition) is 5. The molecule has 0 aliphatic rings. The Hall–Kier alpha value is -3.22. The first-order valence-electron chi connectivity index (χ1n) is 8.71. The van der Waals surface area contributed by atoms with Crippen LogP contribution in [0.3, 0.4) is 0 Å². The van der Waals surface area contributed by atoms with Crippen molar-refractivity contribution in [2.45, 2.75) is 19.9 Å². The van der Waals surface area contributed by atoms with E-state index in [-0.39, 0.29) is 0 Å². The van der Waals surface area contributed by atoms with Crippen molar-refractivity contribution in [1.82, 2.24) is 29.1 Å². The number of nitrogens with zero attached hydrogens (tertiary/aromatic N) is 7. The third-order valence-corrected chi connectivity index (χ3v) is 4.41. The Bertz CT molecular complexity index is 1000. The molecule has 0 aliphatic carbocycles. The SMILES string of the molecule is CCCN(Cc1cncn1C)c1ncnc2c1ncn2-c1ccccc1. The molecule has 3 aromatic heterocycles. The van der Waals surface area contributed by atoms with Crippen LogP contribution in [0, 0.1) is 0 Å². The van der Waals surface area contributed by atoms with Gasteiger partial charge in [0.25, 0.3) is 0 Å². The van der Waals surface area contributed by atoms with E-state index >= 15 is 0 Å². The van der Waals surface area contributed by atoms with Gasteiger partial charge in [-0.3, -0.25) is 4.57 Å². The molecule has 7 heteroatoms. The first-order valence-corrected chi connectivity index (χ1v) is 8.71. The summed E-state index contributed by atoms with van der Waals surface area (Å²) in [6.45, 7) is 3.78. The van der Waals surface area contributed by atoms with Gasteiger partial charge < -0.3 is 9.47 Å². The minimum atomic E-state index is 0.731. The molecular formula is C19H21N7. The fourth-order valence-corrected chi connectivity index (χ4v) is 3.09. The monoisotopic (exact) mass is 347 g/mol. The van der Waals surface area contributed by atoms with Gasteiger partial charge in [-0.1, -0.05) is 25.1 Å². The first-order chi connectivity index (χ1) is 12.8. The van der Waals surface area contributed by atoms with Crippen LogP contribution >= 0.6 is 0 Å². The smallest absolute Gasteiger partial charge is 0.170 e. The fraction of sp³-hybridized carbons (Fsp3) is 0.263. The Morgan fingerprint density at radius 3 is 2.62 bits per heavy atom. The topological polar surface area (TPSA) is 64.7 Å². The fourth-order valence-electron chi connectivity index (χ4n) is 3.09. The van der Waals surface area contributed by atoms with Gasteiger partial charge in [-0.15, -0.1) is 0 Å². The number of benzene rings is 1. The second-order valence-corrected chi connectivity index (χ2v) is 6.24. The molecule has 0 radical (unpaired) electrons. The van der Waals surface area contributed by atoms with Gasteiger partial charge in [0.05, 0.1) is 18.6 Å². The van der Waals surface area contributed by atoms with Crippen LogP contribution < -0.4 is 4.90 Å². The van der Waals surface area contributed by atoms with Gasteiger partial charge in [0.1, 0.15) is 12.7 Å². The Labute approximate surface area is 152 Å². The zero-order chi connectivity index (χ0) is 17.9. The lowest BCUT2D eigenvalue weighted by molar-refractivity contribution is 0.714. The molecule has 0 N–H and O–H groups in total. The number of hydrogen-bond donors (Lipinski definition) is 0. The van der Waals surface area contributed by atoms with Crippen molar-refractivity contribution in [2.75, 3.05) is 11.4 Å². The van der Waals surface area contributed by atoms with Crippen molar-refractivity contribution in [1.29, 1.82) is 0 Å². The van der Waals surface area contributed by atoms with Crippen LogP contribution in [0.1, 0.15) is 19.0 Å². The predicted octanol–water partition coefficient (Wildman–Crippen LogP) is 2.97. The minimum Gasteiger partial charge on any atom is -0.349 e. The van der Waals surface area contributed by atoms with E-state index in [2.05, 4.69) is 31.8 Å². The van der Waals surface area contributed by atoms with E-state index in [1.165, 1.54) is 0 Å². The molecular weight excluding hydrogens is 326 g/mol. The molecule has 0 amide bonds. The maximum Gasteiger partial charge on any atom is 0.170 e. The maximum atomic E-state index is 4.62. The molecule has 132 valence electrons. The summed E-state index contributed by atoms with van der Waals surface area (Å²) in [6, 6.07) is 10.1. The molecule has 4 rings (SSSR count). The van der Waals surface area contributed by atoms with E-state index in [0.29, 0.717) is 0 Å². The lowest BCUT2D eigenvalue weighted by atomic mass is 10.3. The highest BCUT2D eigenvalue weighted by atomic mass is 15.2. The van der Waals surface area contributed by atoms with Gasteiger partial charge in [-0.2, -0.15) is 0 Å². The number of aryl methyl sites for hydroxylation is 1. The van der Waals surface area contributed by atoms with Gasteiger partial charge >= 0.3 is 0 Å². The van der Waals surface area contributed by atoms with Crippen LogP contribution in [0.25, 0.3) is 16.9 Å². The highest BCUT2D eigenvalue weighted by molar-refractivity contribution is 5.84. The van der Waals surface area contributed by atoms with E-state index in [1.807, 2.05) is 65.4 Å². The zero-order valence-electron chi connectivity index (χ0n) is 14.9. The van der Waals surface area contributed by atoms with E-state index < -0.39 is 0 Å². The largest absolute Gasteiger partial charge is 0.349 e. The van der Waals surface area contributed by atoms with E-state index in [9.17, 15) is 0 Å².